The molecule has 2 heterocycles. The lowest BCUT2D eigenvalue weighted by Crippen LogP contribution is -2.12. The van der Waals surface area contributed by atoms with Gasteiger partial charge in [-0.1, -0.05) is 36.4 Å². The van der Waals surface area contributed by atoms with E-state index in [9.17, 15) is 9.59 Å². The summed E-state index contributed by atoms with van der Waals surface area (Å²) in [4.78, 5) is 30.4. The molecule has 29 heavy (non-hydrogen) atoms. The standard InChI is InChI=1S/C24H24N2O3/c27-23(13-5-7-17-15-25-21-11-3-1-9-19(17)21)29-24(28)14-6-8-18-16-26-22-12-4-2-10-20(18)22/h1-4,9-12,15-16,25-26H,5-8,13-14H2. The second-order valence-corrected chi connectivity index (χ2v) is 7.27. The molecule has 0 atom stereocenters. The van der Waals surface area contributed by atoms with Crippen LogP contribution >= 0.6 is 0 Å². The third kappa shape index (κ3) is 4.57. The first-order chi connectivity index (χ1) is 14.2. The summed E-state index contributed by atoms with van der Waals surface area (Å²) in [5.74, 6) is -0.885. The van der Waals surface area contributed by atoms with Crippen LogP contribution in [-0.4, -0.2) is 21.9 Å². The summed E-state index contributed by atoms with van der Waals surface area (Å²) in [6.07, 6.45) is 7.30. The van der Waals surface area contributed by atoms with Crippen LogP contribution in [0.15, 0.2) is 60.9 Å². The molecule has 0 saturated heterocycles. The second-order valence-electron chi connectivity index (χ2n) is 7.27. The van der Waals surface area contributed by atoms with Gasteiger partial charge in [0, 0.05) is 47.0 Å². The quantitative estimate of drug-likeness (QED) is 0.327. The summed E-state index contributed by atoms with van der Waals surface area (Å²) >= 11 is 0. The molecule has 0 amide bonds. The first kappa shape index (κ1) is 19.0. The normalized spacial score (nSPS) is 11.2. The number of esters is 2. The first-order valence-corrected chi connectivity index (χ1v) is 10.0. The van der Waals surface area contributed by atoms with E-state index in [0.29, 0.717) is 12.8 Å². The van der Waals surface area contributed by atoms with Gasteiger partial charge >= 0.3 is 11.9 Å². The predicted octanol–water partition coefficient (Wildman–Crippen LogP) is 5.06. The zero-order chi connectivity index (χ0) is 20.1. The third-order valence-corrected chi connectivity index (χ3v) is 5.23. The van der Waals surface area contributed by atoms with Gasteiger partial charge < -0.3 is 14.7 Å². The lowest BCUT2D eigenvalue weighted by molar-refractivity contribution is -0.159. The molecule has 5 nitrogen and oxygen atoms in total. The van der Waals surface area contributed by atoms with Crippen LogP contribution in [0.1, 0.15) is 36.8 Å². The maximum atomic E-state index is 12.0. The van der Waals surface area contributed by atoms with Crippen LogP contribution in [0.3, 0.4) is 0 Å². The van der Waals surface area contributed by atoms with Crippen LogP contribution in [0, 0.1) is 0 Å². The molecule has 0 bridgehead atoms. The summed E-state index contributed by atoms with van der Waals surface area (Å²) < 4.78 is 4.97. The maximum Gasteiger partial charge on any atom is 0.313 e. The van der Waals surface area contributed by atoms with E-state index in [2.05, 4.69) is 22.1 Å². The Morgan fingerprint density at radius 1 is 0.690 bits per heavy atom. The van der Waals surface area contributed by atoms with Crippen molar-refractivity contribution in [1.29, 1.82) is 0 Å². The van der Waals surface area contributed by atoms with Crippen molar-refractivity contribution in [2.75, 3.05) is 0 Å². The molecule has 0 aliphatic heterocycles. The maximum absolute atomic E-state index is 12.0. The van der Waals surface area contributed by atoms with E-state index in [4.69, 9.17) is 4.74 Å². The van der Waals surface area contributed by atoms with Crippen LogP contribution in [0.2, 0.25) is 0 Å². The highest BCUT2D eigenvalue weighted by Crippen LogP contribution is 2.20. The number of aryl methyl sites for hydroxylation is 2. The number of carbonyl (C=O) groups is 2. The van der Waals surface area contributed by atoms with E-state index in [1.54, 1.807) is 0 Å². The number of H-pyrrole nitrogens is 2. The minimum atomic E-state index is -0.443. The highest BCUT2D eigenvalue weighted by Gasteiger charge is 2.12. The van der Waals surface area contributed by atoms with Gasteiger partial charge in [-0.2, -0.15) is 0 Å². The SMILES string of the molecule is O=C(CCCc1c[nH]c2ccccc12)OC(=O)CCCc1c[nH]c2ccccc12. The van der Waals surface area contributed by atoms with Gasteiger partial charge in [0.1, 0.15) is 0 Å². The molecule has 4 aromatic rings. The molecule has 5 heteroatoms. The lowest BCUT2D eigenvalue weighted by atomic mass is 10.1. The van der Waals surface area contributed by atoms with Crippen molar-refractivity contribution in [3.63, 3.8) is 0 Å². The average Bonchev–Trinajstić information content (AvgIpc) is 3.33. The van der Waals surface area contributed by atoms with Gasteiger partial charge in [-0.25, -0.2) is 0 Å². The smallest absolute Gasteiger partial charge is 0.313 e. The fraction of sp³-hybridized carbons (Fsp3) is 0.250. The van der Waals surface area contributed by atoms with Crippen molar-refractivity contribution < 1.29 is 14.3 Å². The van der Waals surface area contributed by atoms with Gasteiger partial charge in [-0.3, -0.25) is 9.59 Å². The van der Waals surface area contributed by atoms with Crippen molar-refractivity contribution in [3.05, 3.63) is 72.1 Å². The van der Waals surface area contributed by atoms with Gasteiger partial charge in [0.05, 0.1) is 0 Å². The number of rotatable bonds is 8. The van der Waals surface area contributed by atoms with Crippen LogP contribution in [0.4, 0.5) is 0 Å². The second kappa shape index (κ2) is 8.78. The first-order valence-electron chi connectivity index (χ1n) is 10.0. The minimum Gasteiger partial charge on any atom is -0.393 e. The van der Waals surface area contributed by atoms with Gasteiger partial charge in [-0.05, 0) is 48.9 Å². The molecule has 0 fully saturated rings. The van der Waals surface area contributed by atoms with Gasteiger partial charge in [0.15, 0.2) is 0 Å². The van der Waals surface area contributed by atoms with E-state index in [-0.39, 0.29) is 12.8 Å². The molecule has 4 rings (SSSR count). The van der Waals surface area contributed by atoms with Gasteiger partial charge in [0.25, 0.3) is 0 Å². The zero-order valence-electron chi connectivity index (χ0n) is 16.2. The molecule has 148 valence electrons. The monoisotopic (exact) mass is 388 g/mol. The van der Waals surface area contributed by atoms with Crippen molar-refractivity contribution in [2.45, 2.75) is 38.5 Å². The van der Waals surface area contributed by atoms with Crippen LogP contribution < -0.4 is 0 Å². The van der Waals surface area contributed by atoms with E-state index in [0.717, 1.165) is 23.9 Å². The molecule has 0 aliphatic carbocycles. The van der Waals surface area contributed by atoms with Crippen molar-refractivity contribution >= 4 is 33.7 Å². The summed E-state index contributed by atoms with van der Waals surface area (Å²) in [6, 6.07) is 16.2. The topological polar surface area (TPSA) is 75.0 Å². The number of aromatic amines is 2. The number of ether oxygens (including phenoxy) is 1. The molecular formula is C24H24N2O3. The molecule has 0 spiro atoms. The minimum absolute atomic E-state index is 0.244. The number of fused-ring (bicyclic) bond motifs is 2. The zero-order valence-corrected chi connectivity index (χ0v) is 16.2. The Morgan fingerprint density at radius 2 is 1.14 bits per heavy atom. The Morgan fingerprint density at radius 3 is 1.62 bits per heavy atom. The fourth-order valence-corrected chi connectivity index (χ4v) is 3.75. The van der Waals surface area contributed by atoms with Crippen molar-refractivity contribution in [1.82, 2.24) is 9.97 Å². The van der Waals surface area contributed by atoms with Crippen LogP contribution in [0.5, 0.6) is 0 Å². The van der Waals surface area contributed by atoms with Crippen molar-refractivity contribution in [2.24, 2.45) is 0 Å². The van der Waals surface area contributed by atoms with Crippen LogP contribution in [0.25, 0.3) is 21.8 Å². The Hall–Kier alpha value is -3.34. The number of carbonyl (C=O) groups excluding carboxylic acids is 2. The van der Waals surface area contributed by atoms with E-state index < -0.39 is 11.9 Å². The number of aromatic nitrogens is 2. The molecule has 2 aromatic heterocycles. The summed E-state index contributed by atoms with van der Waals surface area (Å²) in [5, 5.41) is 2.35. The number of nitrogens with one attached hydrogen (secondary N) is 2. The summed E-state index contributed by atoms with van der Waals surface area (Å²) in [6.45, 7) is 0. The molecule has 0 aliphatic rings. The Balaban J connectivity index is 1.18. The lowest BCUT2D eigenvalue weighted by Gasteiger charge is -2.04. The summed E-state index contributed by atoms with van der Waals surface area (Å²) in [7, 11) is 0. The molecule has 0 saturated carbocycles. The summed E-state index contributed by atoms with van der Waals surface area (Å²) in [5.41, 5.74) is 4.54. The van der Waals surface area contributed by atoms with Crippen LogP contribution in [-0.2, 0) is 27.2 Å². The number of hydrogen-bond acceptors (Lipinski definition) is 3. The molecule has 2 aromatic carbocycles. The van der Waals surface area contributed by atoms with E-state index >= 15 is 0 Å². The predicted molar refractivity (Wildman–Crippen MR) is 114 cm³/mol. The Bertz CT molecular complexity index is 1050. The van der Waals surface area contributed by atoms with Gasteiger partial charge in [0.2, 0.25) is 0 Å². The average molecular weight is 388 g/mol. The highest BCUT2D eigenvalue weighted by atomic mass is 16.6. The Labute approximate surface area is 169 Å². The van der Waals surface area contributed by atoms with Gasteiger partial charge in [-0.15, -0.1) is 0 Å². The number of hydrogen-bond donors (Lipinski definition) is 2. The molecular weight excluding hydrogens is 364 g/mol. The Kier molecular flexibility index (Phi) is 5.75. The fourth-order valence-electron chi connectivity index (χ4n) is 3.75. The molecule has 0 unspecified atom stereocenters. The van der Waals surface area contributed by atoms with E-state index in [1.807, 2.05) is 48.8 Å². The number of para-hydroxylation sites is 2. The van der Waals surface area contributed by atoms with Crippen molar-refractivity contribution in [3.8, 4) is 0 Å². The molecule has 2 N–H and O–H groups in total. The number of benzene rings is 2. The highest BCUT2D eigenvalue weighted by molar-refractivity contribution is 5.86. The largest absolute Gasteiger partial charge is 0.393 e. The van der Waals surface area contributed by atoms with E-state index in [1.165, 1.54) is 21.9 Å². The molecule has 0 radical (unpaired) electrons. The third-order valence-electron chi connectivity index (χ3n) is 5.23.